The highest BCUT2D eigenvalue weighted by atomic mass is 127. The Kier molecular flexibility index (Phi) is 10.5. The van der Waals surface area contributed by atoms with Crippen LogP contribution in [0.25, 0.3) is 0 Å². The smallest absolute Gasteiger partial charge is 0.213 e. The Bertz CT molecular complexity index is 677. The molecule has 26 heavy (non-hydrogen) atoms. The van der Waals surface area contributed by atoms with Crippen LogP contribution >= 0.6 is 24.0 Å². The molecule has 1 aromatic heterocycles. The van der Waals surface area contributed by atoms with E-state index in [0.29, 0.717) is 25.6 Å². The number of aliphatic imine (C=N–C) groups is 1. The molecular weight excluding hydrogens is 443 g/mol. The second-order valence-corrected chi connectivity index (χ2v) is 5.49. The lowest BCUT2D eigenvalue weighted by Gasteiger charge is -2.12. The third-order valence-corrected chi connectivity index (χ3v) is 3.46. The van der Waals surface area contributed by atoms with Crippen LogP contribution in [0, 0.1) is 6.92 Å². The van der Waals surface area contributed by atoms with Crippen molar-refractivity contribution in [1.82, 2.24) is 15.6 Å². The molecule has 0 bridgehead atoms. The quantitative estimate of drug-likeness (QED) is 0.269. The van der Waals surface area contributed by atoms with E-state index in [1.807, 2.05) is 43.3 Å². The van der Waals surface area contributed by atoms with Gasteiger partial charge in [0.25, 0.3) is 0 Å². The van der Waals surface area contributed by atoms with Gasteiger partial charge in [-0.2, -0.15) is 0 Å². The number of hydrogen-bond donors (Lipinski definition) is 2. The maximum atomic E-state index is 5.71. The predicted octanol–water partition coefficient (Wildman–Crippen LogP) is 3.15. The first kappa shape index (κ1) is 22.0. The molecule has 2 aromatic rings. The van der Waals surface area contributed by atoms with Gasteiger partial charge < -0.3 is 20.1 Å². The van der Waals surface area contributed by atoms with E-state index in [1.165, 1.54) is 5.56 Å². The largest absolute Gasteiger partial charge is 0.492 e. The van der Waals surface area contributed by atoms with Crippen LogP contribution in [0.1, 0.15) is 18.1 Å². The van der Waals surface area contributed by atoms with Crippen molar-refractivity contribution in [3.8, 4) is 11.6 Å². The topological polar surface area (TPSA) is 67.8 Å². The first-order chi connectivity index (χ1) is 12.2. The summed E-state index contributed by atoms with van der Waals surface area (Å²) in [7, 11) is 1.61. The lowest BCUT2D eigenvalue weighted by Crippen LogP contribution is -2.39. The molecule has 0 unspecified atom stereocenters. The Morgan fingerprint density at radius 1 is 1.15 bits per heavy atom. The summed E-state index contributed by atoms with van der Waals surface area (Å²) in [6, 6.07) is 11.8. The molecule has 0 saturated carbocycles. The van der Waals surface area contributed by atoms with Crippen LogP contribution in [0.4, 0.5) is 0 Å². The highest BCUT2D eigenvalue weighted by molar-refractivity contribution is 14.0. The van der Waals surface area contributed by atoms with Gasteiger partial charge in [-0.25, -0.2) is 9.98 Å². The first-order valence-electron chi connectivity index (χ1n) is 8.42. The molecule has 0 saturated heterocycles. The van der Waals surface area contributed by atoms with Gasteiger partial charge in [-0.3, -0.25) is 0 Å². The molecular formula is C19H27IN4O2. The summed E-state index contributed by atoms with van der Waals surface area (Å²) >= 11 is 0. The molecule has 0 spiro atoms. The van der Waals surface area contributed by atoms with Gasteiger partial charge in [0.1, 0.15) is 12.4 Å². The van der Waals surface area contributed by atoms with Crippen molar-refractivity contribution < 1.29 is 9.47 Å². The standard InChI is InChI=1S/C19H26N4O2.HI/c1-4-20-19(23-14-16-9-10-21-18(13-16)24-3)22-11-12-25-17-7-5-15(2)6-8-17;/h5-10,13H,4,11-12,14H2,1-3H3,(H2,20,22,23);1H. The van der Waals surface area contributed by atoms with E-state index in [9.17, 15) is 0 Å². The van der Waals surface area contributed by atoms with Crippen LogP contribution < -0.4 is 20.1 Å². The average molecular weight is 470 g/mol. The number of methoxy groups -OCH3 is 1. The molecule has 2 rings (SSSR count). The van der Waals surface area contributed by atoms with Crippen LogP contribution in [0.5, 0.6) is 11.6 Å². The van der Waals surface area contributed by atoms with Gasteiger partial charge in [-0.05, 0) is 37.6 Å². The summed E-state index contributed by atoms with van der Waals surface area (Å²) in [5.74, 6) is 2.22. The van der Waals surface area contributed by atoms with E-state index >= 15 is 0 Å². The summed E-state index contributed by atoms with van der Waals surface area (Å²) in [6.07, 6.45) is 1.72. The number of aryl methyl sites for hydroxylation is 1. The van der Waals surface area contributed by atoms with Crippen molar-refractivity contribution in [2.45, 2.75) is 20.4 Å². The molecule has 2 N–H and O–H groups in total. The Morgan fingerprint density at radius 3 is 2.62 bits per heavy atom. The summed E-state index contributed by atoms with van der Waals surface area (Å²) in [6.45, 7) is 6.67. The van der Waals surface area contributed by atoms with Crippen LogP contribution in [-0.2, 0) is 6.54 Å². The minimum absolute atomic E-state index is 0. The van der Waals surface area contributed by atoms with Gasteiger partial charge in [0.05, 0.1) is 20.2 Å². The lowest BCUT2D eigenvalue weighted by molar-refractivity contribution is 0.322. The van der Waals surface area contributed by atoms with Crippen molar-refractivity contribution >= 4 is 29.9 Å². The highest BCUT2D eigenvalue weighted by Gasteiger charge is 2.00. The Morgan fingerprint density at radius 2 is 1.92 bits per heavy atom. The zero-order valence-corrected chi connectivity index (χ0v) is 17.8. The van der Waals surface area contributed by atoms with Gasteiger partial charge in [0.15, 0.2) is 5.96 Å². The predicted molar refractivity (Wildman–Crippen MR) is 116 cm³/mol. The monoisotopic (exact) mass is 470 g/mol. The third kappa shape index (κ3) is 7.90. The number of pyridine rings is 1. The van der Waals surface area contributed by atoms with E-state index < -0.39 is 0 Å². The molecule has 0 aliphatic heterocycles. The van der Waals surface area contributed by atoms with Gasteiger partial charge in [0, 0.05) is 18.8 Å². The number of halogens is 1. The number of nitrogens with zero attached hydrogens (tertiary/aromatic N) is 2. The van der Waals surface area contributed by atoms with Gasteiger partial charge in [-0.1, -0.05) is 17.7 Å². The molecule has 0 aliphatic carbocycles. The maximum absolute atomic E-state index is 5.71. The van der Waals surface area contributed by atoms with Crippen molar-refractivity contribution in [2.75, 3.05) is 26.8 Å². The fourth-order valence-corrected chi connectivity index (χ4v) is 2.15. The molecule has 7 heteroatoms. The molecule has 1 heterocycles. The van der Waals surface area contributed by atoms with E-state index in [4.69, 9.17) is 9.47 Å². The van der Waals surface area contributed by atoms with Crippen LogP contribution in [0.15, 0.2) is 47.6 Å². The van der Waals surface area contributed by atoms with E-state index in [2.05, 4.69) is 27.5 Å². The second kappa shape index (κ2) is 12.3. The van der Waals surface area contributed by atoms with Crippen LogP contribution in [-0.4, -0.2) is 37.7 Å². The molecule has 0 radical (unpaired) electrons. The van der Waals surface area contributed by atoms with Crippen molar-refractivity contribution in [1.29, 1.82) is 0 Å². The SMILES string of the molecule is CCNC(=NCc1ccnc(OC)c1)NCCOc1ccc(C)cc1.I. The van der Waals surface area contributed by atoms with Crippen molar-refractivity contribution in [3.63, 3.8) is 0 Å². The average Bonchev–Trinajstić information content (AvgIpc) is 2.64. The fraction of sp³-hybridized carbons (Fsp3) is 0.368. The van der Waals surface area contributed by atoms with E-state index in [1.54, 1.807) is 13.3 Å². The van der Waals surface area contributed by atoms with Crippen LogP contribution in [0.3, 0.4) is 0 Å². The number of ether oxygens (including phenoxy) is 2. The van der Waals surface area contributed by atoms with Gasteiger partial charge >= 0.3 is 0 Å². The first-order valence-corrected chi connectivity index (χ1v) is 8.42. The van der Waals surface area contributed by atoms with Crippen molar-refractivity contribution in [3.05, 3.63) is 53.7 Å². The van der Waals surface area contributed by atoms with Gasteiger partial charge in [-0.15, -0.1) is 24.0 Å². The number of guanidine groups is 1. The molecule has 1 aromatic carbocycles. The Hall–Kier alpha value is -2.03. The van der Waals surface area contributed by atoms with E-state index in [0.717, 1.165) is 23.8 Å². The highest BCUT2D eigenvalue weighted by Crippen LogP contribution is 2.11. The number of rotatable bonds is 8. The summed E-state index contributed by atoms with van der Waals surface area (Å²) < 4.78 is 10.8. The molecule has 0 fully saturated rings. The second-order valence-electron chi connectivity index (χ2n) is 5.49. The zero-order chi connectivity index (χ0) is 17.9. The summed E-state index contributed by atoms with van der Waals surface area (Å²) in [4.78, 5) is 8.67. The lowest BCUT2D eigenvalue weighted by atomic mass is 10.2. The molecule has 142 valence electrons. The number of nitrogens with one attached hydrogen (secondary N) is 2. The fourth-order valence-electron chi connectivity index (χ4n) is 2.15. The number of benzene rings is 1. The third-order valence-electron chi connectivity index (χ3n) is 3.46. The van der Waals surface area contributed by atoms with E-state index in [-0.39, 0.29) is 24.0 Å². The minimum atomic E-state index is 0. The van der Waals surface area contributed by atoms with Crippen molar-refractivity contribution in [2.24, 2.45) is 4.99 Å². The Balaban J connectivity index is 0.00000338. The number of hydrogen-bond acceptors (Lipinski definition) is 4. The molecule has 0 aliphatic rings. The summed E-state index contributed by atoms with van der Waals surface area (Å²) in [5, 5.41) is 6.49. The summed E-state index contributed by atoms with van der Waals surface area (Å²) in [5.41, 5.74) is 2.26. The van der Waals surface area contributed by atoms with Crippen LogP contribution in [0.2, 0.25) is 0 Å². The zero-order valence-electron chi connectivity index (χ0n) is 15.5. The molecule has 6 nitrogen and oxygen atoms in total. The molecule has 0 atom stereocenters. The Labute approximate surface area is 172 Å². The van der Waals surface area contributed by atoms with Gasteiger partial charge in [0.2, 0.25) is 5.88 Å². The molecule has 0 amide bonds. The normalized spacial score (nSPS) is 10.7. The minimum Gasteiger partial charge on any atom is -0.492 e. The number of aromatic nitrogens is 1. The maximum Gasteiger partial charge on any atom is 0.213 e.